The lowest BCUT2D eigenvalue weighted by atomic mass is 9.86. The molecule has 1 aliphatic carbocycles. The number of aryl methyl sites for hydroxylation is 1. The van der Waals surface area contributed by atoms with Gasteiger partial charge < -0.3 is 10.6 Å². The predicted octanol–water partition coefficient (Wildman–Crippen LogP) is 2.65. The number of hydrogen-bond donors (Lipinski definition) is 2. The van der Waals surface area contributed by atoms with Crippen molar-refractivity contribution in [3.05, 3.63) is 50.9 Å². The fourth-order valence-corrected chi connectivity index (χ4v) is 3.92. The van der Waals surface area contributed by atoms with Crippen LogP contribution in [0.25, 0.3) is 0 Å². The Bertz CT molecular complexity index is 747. The Labute approximate surface area is 149 Å². The van der Waals surface area contributed by atoms with Crippen LogP contribution in [0.4, 0.5) is 0 Å². The summed E-state index contributed by atoms with van der Waals surface area (Å²) in [5.41, 5.74) is 2.28. The minimum atomic E-state index is -0.628. The molecule has 0 radical (unpaired) electrons. The fraction of sp³-hybridized carbons (Fsp3) is 0.353. The lowest BCUT2D eigenvalue weighted by molar-refractivity contribution is -0.139. The SMILES string of the molecule is O=C(NCc1ccc(Cl)s1)C(=O)NCC1CCCc2cccnc21. The molecule has 2 N–H and O–H groups in total. The van der Waals surface area contributed by atoms with Crippen LogP contribution in [0.1, 0.15) is 34.9 Å². The molecular formula is C17H18ClN3O2S. The minimum Gasteiger partial charge on any atom is -0.347 e. The number of rotatable bonds is 4. The Morgan fingerprint density at radius 2 is 2.08 bits per heavy atom. The van der Waals surface area contributed by atoms with E-state index in [2.05, 4.69) is 21.7 Å². The van der Waals surface area contributed by atoms with E-state index < -0.39 is 11.8 Å². The van der Waals surface area contributed by atoms with Crippen LogP contribution in [-0.2, 0) is 22.6 Å². The van der Waals surface area contributed by atoms with Crippen LogP contribution in [0, 0.1) is 0 Å². The molecule has 7 heteroatoms. The second-order valence-corrected chi connectivity index (χ2v) is 7.54. The first-order chi connectivity index (χ1) is 11.6. The molecule has 0 aliphatic heterocycles. The van der Waals surface area contributed by atoms with E-state index in [-0.39, 0.29) is 5.92 Å². The molecule has 2 aromatic rings. The smallest absolute Gasteiger partial charge is 0.309 e. The van der Waals surface area contributed by atoms with Gasteiger partial charge in [-0.05, 0) is 43.0 Å². The van der Waals surface area contributed by atoms with Crippen LogP contribution in [0.15, 0.2) is 30.5 Å². The van der Waals surface area contributed by atoms with Gasteiger partial charge in [-0.3, -0.25) is 14.6 Å². The summed E-state index contributed by atoms with van der Waals surface area (Å²) in [7, 11) is 0. The maximum absolute atomic E-state index is 12.0. The summed E-state index contributed by atoms with van der Waals surface area (Å²) in [6.45, 7) is 0.735. The molecule has 126 valence electrons. The van der Waals surface area contributed by atoms with E-state index in [1.165, 1.54) is 16.9 Å². The molecule has 2 aromatic heterocycles. The molecule has 2 amide bonds. The third-order valence-electron chi connectivity index (χ3n) is 4.08. The van der Waals surface area contributed by atoms with Gasteiger partial charge in [-0.25, -0.2) is 0 Å². The number of nitrogens with zero attached hydrogens (tertiary/aromatic N) is 1. The zero-order valence-electron chi connectivity index (χ0n) is 13.0. The number of halogens is 1. The molecule has 1 unspecified atom stereocenters. The summed E-state index contributed by atoms with van der Waals surface area (Å²) in [6.07, 6.45) is 4.85. The van der Waals surface area contributed by atoms with E-state index in [1.54, 1.807) is 12.3 Å². The zero-order chi connectivity index (χ0) is 16.9. The summed E-state index contributed by atoms with van der Waals surface area (Å²) in [5, 5.41) is 5.32. The number of hydrogen-bond acceptors (Lipinski definition) is 4. The maximum Gasteiger partial charge on any atom is 0.309 e. The average molecular weight is 364 g/mol. The number of pyridine rings is 1. The Kier molecular flexibility index (Phi) is 5.48. The Balaban J connectivity index is 1.49. The molecule has 0 spiro atoms. The van der Waals surface area contributed by atoms with Crippen LogP contribution in [0.5, 0.6) is 0 Å². The first kappa shape index (κ1) is 16.9. The van der Waals surface area contributed by atoms with Crippen molar-refractivity contribution in [3.8, 4) is 0 Å². The largest absolute Gasteiger partial charge is 0.347 e. The molecule has 5 nitrogen and oxygen atoms in total. The van der Waals surface area contributed by atoms with Crippen molar-refractivity contribution in [3.63, 3.8) is 0 Å². The van der Waals surface area contributed by atoms with Crippen molar-refractivity contribution in [2.24, 2.45) is 0 Å². The normalized spacial score (nSPS) is 16.3. The first-order valence-corrected chi connectivity index (χ1v) is 9.07. The Morgan fingerprint density at radius 3 is 2.88 bits per heavy atom. The second kappa shape index (κ2) is 7.77. The standard InChI is InChI=1S/C17H18ClN3O2S/c18-14-7-6-13(24-14)10-21-17(23)16(22)20-9-12-4-1-3-11-5-2-8-19-15(11)12/h2,5-8,12H,1,3-4,9-10H2,(H,20,22)(H,21,23). The van der Waals surface area contributed by atoms with Crippen molar-refractivity contribution in [1.29, 1.82) is 0 Å². The molecule has 1 atom stereocenters. The zero-order valence-corrected chi connectivity index (χ0v) is 14.6. The number of aromatic nitrogens is 1. The van der Waals surface area contributed by atoms with E-state index in [9.17, 15) is 9.59 Å². The maximum atomic E-state index is 12.0. The van der Waals surface area contributed by atoms with Crippen LogP contribution in [0.2, 0.25) is 4.34 Å². The number of amides is 2. The van der Waals surface area contributed by atoms with Gasteiger partial charge in [0.1, 0.15) is 0 Å². The van der Waals surface area contributed by atoms with Crippen molar-refractivity contribution < 1.29 is 9.59 Å². The fourth-order valence-electron chi connectivity index (χ4n) is 2.89. The predicted molar refractivity (Wildman–Crippen MR) is 94.1 cm³/mol. The van der Waals surface area contributed by atoms with Crippen molar-refractivity contribution in [2.75, 3.05) is 6.54 Å². The van der Waals surface area contributed by atoms with E-state index in [4.69, 9.17) is 11.6 Å². The summed E-state index contributed by atoms with van der Waals surface area (Å²) in [4.78, 5) is 29.2. The van der Waals surface area contributed by atoms with E-state index in [1.807, 2.05) is 12.1 Å². The summed E-state index contributed by atoms with van der Waals surface area (Å²) < 4.78 is 0.659. The van der Waals surface area contributed by atoms with E-state index >= 15 is 0 Å². The highest BCUT2D eigenvalue weighted by molar-refractivity contribution is 7.16. The third-order valence-corrected chi connectivity index (χ3v) is 5.31. The summed E-state index contributed by atoms with van der Waals surface area (Å²) in [6, 6.07) is 7.61. The van der Waals surface area contributed by atoms with E-state index in [0.29, 0.717) is 17.4 Å². The lowest BCUT2D eigenvalue weighted by Gasteiger charge is -2.24. The molecule has 24 heavy (non-hydrogen) atoms. The van der Waals surface area contributed by atoms with Crippen LogP contribution < -0.4 is 10.6 Å². The molecule has 0 bridgehead atoms. The number of nitrogens with one attached hydrogen (secondary N) is 2. The topological polar surface area (TPSA) is 71.1 Å². The van der Waals surface area contributed by atoms with Gasteiger partial charge in [-0.1, -0.05) is 17.7 Å². The highest BCUT2D eigenvalue weighted by Crippen LogP contribution is 2.29. The second-order valence-electron chi connectivity index (χ2n) is 5.74. The van der Waals surface area contributed by atoms with Gasteiger partial charge in [0, 0.05) is 29.2 Å². The number of carbonyl (C=O) groups excluding carboxylic acids is 2. The van der Waals surface area contributed by atoms with Gasteiger partial charge in [0.05, 0.1) is 10.9 Å². The number of fused-ring (bicyclic) bond motifs is 1. The van der Waals surface area contributed by atoms with Gasteiger partial charge in [-0.15, -0.1) is 11.3 Å². The van der Waals surface area contributed by atoms with Crippen LogP contribution in [-0.4, -0.2) is 23.3 Å². The molecule has 0 saturated heterocycles. The molecule has 0 saturated carbocycles. The van der Waals surface area contributed by atoms with Gasteiger partial charge >= 0.3 is 11.8 Å². The number of carbonyl (C=O) groups is 2. The van der Waals surface area contributed by atoms with Crippen molar-refractivity contribution >= 4 is 34.8 Å². The molecular weight excluding hydrogens is 346 g/mol. The highest BCUT2D eigenvalue weighted by Gasteiger charge is 2.23. The van der Waals surface area contributed by atoms with Gasteiger partial charge in [0.15, 0.2) is 0 Å². The van der Waals surface area contributed by atoms with Crippen LogP contribution >= 0.6 is 22.9 Å². The lowest BCUT2D eigenvalue weighted by Crippen LogP contribution is -2.41. The number of thiophene rings is 1. The van der Waals surface area contributed by atoms with Gasteiger partial charge in [0.2, 0.25) is 0 Å². The minimum absolute atomic E-state index is 0.169. The van der Waals surface area contributed by atoms with E-state index in [0.717, 1.165) is 29.8 Å². The highest BCUT2D eigenvalue weighted by atomic mass is 35.5. The molecule has 3 rings (SSSR count). The Morgan fingerprint density at radius 1 is 1.25 bits per heavy atom. The summed E-state index contributed by atoms with van der Waals surface area (Å²) in [5.74, 6) is -1.07. The molecule has 2 heterocycles. The Hall–Kier alpha value is -1.92. The monoisotopic (exact) mass is 363 g/mol. The van der Waals surface area contributed by atoms with Gasteiger partial charge in [0.25, 0.3) is 0 Å². The first-order valence-electron chi connectivity index (χ1n) is 7.87. The average Bonchev–Trinajstić information content (AvgIpc) is 3.02. The van der Waals surface area contributed by atoms with Crippen molar-refractivity contribution in [1.82, 2.24) is 15.6 Å². The summed E-state index contributed by atoms with van der Waals surface area (Å²) >= 11 is 7.22. The van der Waals surface area contributed by atoms with Crippen LogP contribution in [0.3, 0.4) is 0 Å². The van der Waals surface area contributed by atoms with Crippen molar-refractivity contribution in [2.45, 2.75) is 31.7 Å². The quantitative estimate of drug-likeness (QED) is 0.820. The van der Waals surface area contributed by atoms with Gasteiger partial charge in [-0.2, -0.15) is 0 Å². The third kappa shape index (κ3) is 4.13. The molecule has 0 fully saturated rings. The molecule has 0 aromatic carbocycles. The molecule has 1 aliphatic rings.